The van der Waals surface area contributed by atoms with Gasteiger partial charge in [0.2, 0.25) is 0 Å². The lowest BCUT2D eigenvalue weighted by atomic mass is 10.1. The number of nitrogens with one attached hydrogen (secondary N) is 1. The number of hydrogen-bond acceptors (Lipinski definition) is 3. The Labute approximate surface area is 124 Å². The van der Waals surface area contributed by atoms with Gasteiger partial charge in [0.25, 0.3) is 5.91 Å². The molecule has 0 saturated carbocycles. The van der Waals surface area contributed by atoms with E-state index in [4.69, 9.17) is 9.52 Å². The van der Waals surface area contributed by atoms with Crippen molar-refractivity contribution in [2.45, 2.75) is 13.3 Å². The quantitative estimate of drug-likeness (QED) is 0.877. The lowest BCUT2D eigenvalue weighted by molar-refractivity contribution is -0.137. The molecule has 0 aliphatic heterocycles. The number of carboxylic acid groups (broad SMARTS) is 1. The number of carbonyl (C=O) groups excluding carboxylic acids is 1. The highest BCUT2D eigenvalue weighted by molar-refractivity contribution is 9.10. The summed E-state index contributed by atoms with van der Waals surface area (Å²) in [5, 5.41) is 12.2. The summed E-state index contributed by atoms with van der Waals surface area (Å²) in [7, 11) is 0. The molecule has 0 aliphatic carbocycles. The van der Waals surface area contributed by atoms with E-state index in [1.54, 1.807) is 19.1 Å². The van der Waals surface area contributed by atoms with Crippen LogP contribution in [0.15, 0.2) is 33.2 Å². The average molecular weight is 340 g/mol. The van der Waals surface area contributed by atoms with Crippen molar-refractivity contribution in [3.8, 4) is 0 Å². The van der Waals surface area contributed by atoms with Gasteiger partial charge < -0.3 is 14.8 Å². The topological polar surface area (TPSA) is 79.5 Å². The zero-order valence-electron chi connectivity index (χ0n) is 10.9. The third-order valence-electron chi connectivity index (χ3n) is 2.84. The van der Waals surface area contributed by atoms with Crippen LogP contribution in [0.25, 0.3) is 11.0 Å². The van der Waals surface area contributed by atoms with E-state index in [0.717, 1.165) is 9.86 Å². The summed E-state index contributed by atoms with van der Waals surface area (Å²) in [6.45, 7) is 2.07. The molecule has 1 amide bonds. The SMILES string of the molecule is CC(CNC(=O)c1cc2cc(Br)ccc2o1)CC(=O)O. The molecule has 20 heavy (non-hydrogen) atoms. The molecule has 2 N–H and O–H groups in total. The highest BCUT2D eigenvalue weighted by Crippen LogP contribution is 2.23. The monoisotopic (exact) mass is 339 g/mol. The van der Waals surface area contributed by atoms with Gasteiger partial charge in [-0.15, -0.1) is 0 Å². The number of halogens is 1. The third kappa shape index (κ3) is 3.60. The van der Waals surface area contributed by atoms with E-state index < -0.39 is 5.97 Å². The summed E-state index contributed by atoms with van der Waals surface area (Å²) >= 11 is 3.35. The molecule has 1 atom stereocenters. The van der Waals surface area contributed by atoms with E-state index in [1.807, 2.05) is 12.1 Å². The largest absolute Gasteiger partial charge is 0.481 e. The van der Waals surface area contributed by atoms with Crippen LogP contribution < -0.4 is 5.32 Å². The maximum atomic E-state index is 11.9. The molecule has 2 aromatic rings. The minimum absolute atomic E-state index is 0.0212. The van der Waals surface area contributed by atoms with Crippen molar-refractivity contribution in [2.75, 3.05) is 6.54 Å². The minimum atomic E-state index is -0.875. The van der Waals surface area contributed by atoms with Gasteiger partial charge in [-0.3, -0.25) is 9.59 Å². The predicted octanol–water partition coefficient (Wildman–Crippen LogP) is 3.04. The Kier molecular flexibility index (Phi) is 4.44. The second-order valence-electron chi connectivity index (χ2n) is 4.71. The van der Waals surface area contributed by atoms with Gasteiger partial charge in [0.05, 0.1) is 0 Å². The molecule has 6 heteroatoms. The van der Waals surface area contributed by atoms with Gasteiger partial charge in [0, 0.05) is 22.8 Å². The fraction of sp³-hybridized carbons (Fsp3) is 0.286. The van der Waals surface area contributed by atoms with E-state index in [-0.39, 0.29) is 24.0 Å². The summed E-state index contributed by atoms with van der Waals surface area (Å²) in [5.74, 6) is -1.12. The van der Waals surface area contributed by atoms with E-state index in [2.05, 4.69) is 21.2 Å². The number of hydrogen-bond donors (Lipinski definition) is 2. The molecule has 0 spiro atoms. The lowest BCUT2D eigenvalue weighted by Gasteiger charge is -2.08. The Morgan fingerprint density at radius 2 is 2.15 bits per heavy atom. The Morgan fingerprint density at radius 3 is 2.85 bits per heavy atom. The standard InChI is InChI=1S/C14H14BrNO4/c1-8(4-13(17)18)7-16-14(19)12-6-9-5-10(15)2-3-11(9)20-12/h2-3,5-6,8H,4,7H2,1H3,(H,16,19)(H,17,18). The first-order valence-electron chi connectivity index (χ1n) is 6.15. The van der Waals surface area contributed by atoms with Crippen LogP contribution in [0.2, 0.25) is 0 Å². The first-order chi connectivity index (χ1) is 9.45. The molecular formula is C14H14BrNO4. The van der Waals surface area contributed by atoms with E-state index in [0.29, 0.717) is 12.1 Å². The Bertz CT molecular complexity index is 650. The highest BCUT2D eigenvalue weighted by atomic mass is 79.9. The van der Waals surface area contributed by atoms with Gasteiger partial charge in [-0.05, 0) is 30.2 Å². The molecule has 0 radical (unpaired) electrons. The molecule has 0 aliphatic rings. The Morgan fingerprint density at radius 1 is 1.40 bits per heavy atom. The fourth-order valence-electron chi connectivity index (χ4n) is 1.85. The smallest absolute Gasteiger partial charge is 0.303 e. The number of fused-ring (bicyclic) bond motifs is 1. The number of carboxylic acids is 1. The fourth-order valence-corrected chi connectivity index (χ4v) is 2.23. The van der Waals surface area contributed by atoms with Crippen LogP contribution in [0.1, 0.15) is 23.9 Å². The van der Waals surface area contributed by atoms with Crippen LogP contribution in [0, 0.1) is 5.92 Å². The first-order valence-corrected chi connectivity index (χ1v) is 6.94. The summed E-state index contributed by atoms with van der Waals surface area (Å²) in [4.78, 5) is 22.5. The van der Waals surface area contributed by atoms with Gasteiger partial charge >= 0.3 is 5.97 Å². The number of amides is 1. The minimum Gasteiger partial charge on any atom is -0.481 e. The molecule has 2 rings (SSSR count). The van der Waals surface area contributed by atoms with Crippen LogP contribution in [0.3, 0.4) is 0 Å². The van der Waals surface area contributed by atoms with Gasteiger partial charge in [-0.1, -0.05) is 22.9 Å². The average Bonchev–Trinajstić information content (AvgIpc) is 2.78. The predicted molar refractivity (Wildman–Crippen MR) is 77.7 cm³/mol. The molecular weight excluding hydrogens is 326 g/mol. The molecule has 106 valence electrons. The van der Waals surface area contributed by atoms with Gasteiger partial charge in [-0.2, -0.15) is 0 Å². The number of aliphatic carboxylic acids is 1. The maximum Gasteiger partial charge on any atom is 0.303 e. The van der Waals surface area contributed by atoms with Crippen LogP contribution in [0.4, 0.5) is 0 Å². The molecule has 5 nitrogen and oxygen atoms in total. The maximum absolute atomic E-state index is 11.9. The molecule has 1 aromatic heterocycles. The van der Waals surface area contributed by atoms with Crippen molar-refractivity contribution >= 4 is 38.8 Å². The van der Waals surface area contributed by atoms with Crippen molar-refractivity contribution in [1.82, 2.24) is 5.32 Å². The zero-order chi connectivity index (χ0) is 14.7. The molecule has 1 unspecified atom stereocenters. The summed E-state index contributed by atoms with van der Waals surface area (Å²) < 4.78 is 6.36. The van der Waals surface area contributed by atoms with E-state index >= 15 is 0 Å². The lowest BCUT2D eigenvalue weighted by Crippen LogP contribution is -2.28. The molecule has 0 fully saturated rings. The van der Waals surface area contributed by atoms with Gasteiger partial charge in [-0.25, -0.2) is 0 Å². The van der Waals surface area contributed by atoms with E-state index in [1.165, 1.54) is 0 Å². The normalized spacial score (nSPS) is 12.3. The van der Waals surface area contributed by atoms with Crippen molar-refractivity contribution in [3.05, 3.63) is 34.5 Å². The number of benzene rings is 1. The van der Waals surface area contributed by atoms with Crippen LogP contribution in [0.5, 0.6) is 0 Å². The molecule has 0 bridgehead atoms. The molecule has 1 aromatic carbocycles. The molecule has 1 heterocycles. The third-order valence-corrected chi connectivity index (χ3v) is 3.33. The van der Waals surface area contributed by atoms with Crippen molar-refractivity contribution < 1.29 is 19.1 Å². The second kappa shape index (κ2) is 6.09. The Balaban J connectivity index is 2.02. The number of furan rings is 1. The van der Waals surface area contributed by atoms with Crippen molar-refractivity contribution in [1.29, 1.82) is 0 Å². The van der Waals surface area contributed by atoms with Crippen LogP contribution in [-0.4, -0.2) is 23.5 Å². The summed E-state index contributed by atoms with van der Waals surface area (Å²) in [6.07, 6.45) is 0.0212. The van der Waals surface area contributed by atoms with Crippen molar-refractivity contribution in [3.63, 3.8) is 0 Å². The number of rotatable bonds is 5. The zero-order valence-corrected chi connectivity index (χ0v) is 12.4. The second-order valence-corrected chi connectivity index (χ2v) is 5.62. The Hall–Kier alpha value is -1.82. The first kappa shape index (κ1) is 14.6. The van der Waals surface area contributed by atoms with Crippen LogP contribution >= 0.6 is 15.9 Å². The summed E-state index contributed by atoms with van der Waals surface area (Å²) in [6, 6.07) is 7.14. The van der Waals surface area contributed by atoms with Gasteiger partial charge in [0.1, 0.15) is 5.58 Å². The van der Waals surface area contributed by atoms with Crippen molar-refractivity contribution in [2.24, 2.45) is 5.92 Å². The van der Waals surface area contributed by atoms with E-state index in [9.17, 15) is 9.59 Å². The molecule has 0 saturated heterocycles. The number of carbonyl (C=O) groups is 2. The van der Waals surface area contributed by atoms with Crippen LogP contribution in [-0.2, 0) is 4.79 Å². The van der Waals surface area contributed by atoms with Gasteiger partial charge in [0.15, 0.2) is 5.76 Å². The summed E-state index contributed by atoms with van der Waals surface area (Å²) in [5.41, 5.74) is 0.636. The highest BCUT2D eigenvalue weighted by Gasteiger charge is 2.14.